The first-order valence-corrected chi connectivity index (χ1v) is 11.0. The van der Waals surface area contributed by atoms with Gasteiger partial charge in [-0.15, -0.1) is 0 Å². The number of hydrogen-bond donors (Lipinski definition) is 2. The van der Waals surface area contributed by atoms with Gasteiger partial charge in [0.05, 0.1) is 11.9 Å². The molecule has 0 aliphatic rings. The number of esters is 1. The van der Waals surface area contributed by atoms with Gasteiger partial charge < -0.3 is 15.4 Å². The van der Waals surface area contributed by atoms with Crippen molar-refractivity contribution in [3.63, 3.8) is 0 Å². The number of carbonyl (C=O) groups excluding carboxylic acids is 3. The van der Waals surface area contributed by atoms with E-state index < -0.39 is 24.4 Å². The summed E-state index contributed by atoms with van der Waals surface area (Å²) in [5, 5.41) is 10.1. The van der Waals surface area contributed by atoms with E-state index in [0.29, 0.717) is 29.4 Å². The molecule has 0 saturated heterocycles. The molecule has 2 aromatic carbocycles. The molecular formula is C25H28N4O5. The molecule has 1 heterocycles. The number of nitrogens with one attached hydrogen (secondary N) is 2. The van der Waals surface area contributed by atoms with Crippen LogP contribution in [0.25, 0.3) is 10.8 Å². The Bertz CT molecular complexity index is 1290. The number of benzene rings is 2. The number of fused-ring (bicyclic) bond motifs is 1. The molecule has 2 N–H and O–H groups in total. The number of nitrogens with zero attached hydrogens (tertiary/aromatic N) is 2. The van der Waals surface area contributed by atoms with Crippen LogP contribution in [0.4, 0.5) is 5.69 Å². The minimum absolute atomic E-state index is 0.0421. The van der Waals surface area contributed by atoms with Crippen molar-refractivity contribution in [2.45, 2.75) is 40.7 Å². The number of ether oxygens (including phenoxy) is 1. The second-order valence-corrected chi connectivity index (χ2v) is 8.10. The molecule has 0 aliphatic heterocycles. The number of carbonyl (C=O) groups is 3. The predicted octanol–water partition coefficient (Wildman–Crippen LogP) is 2.64. The zero-order valence-electron chi connectivity index (χ0n) is 19.7. The summed E-state index contributed by atoms with van der Waals surface area (Å²) in [7, 11) is 0. The molecule has 0 spiro atoms. The van der Waals surface area contributed by atoms with Crippen LogP contribution >= 0.6 is 0 Å². The van der Waals surface area contributed by atoms with Gasteiger partial charge in [-0.2, -0.15) is 5.10 Å². The lowest BCUT2D eigenvalue weighted by Crippen LogP contribution is -2.36. The number of anilines is 1. The Morgan fingerprint density at radius 2 is 1.65 bits per heavy atom. The van der Waals surface area contributed by atoms with Crippen molar-refractivity contribution < 1.29 is 19.1 Å². The third-order valence-electron chi connectivity index (χ3n) is 5.22. The van der Waals surface area contributed by atoms with Gasteiger partial charge in [0, 0.05) is 17.6 Å². The summed E-state index contributed by atoms with van der Waals surface area (Å²) in [4.78, 5) is 49.6. The maximum Gasteiger partial charge on any atom is 0.359 e. The Morgan fingerprint density at radius 1 is 1.00 bits per heavy atom. The molecule has 34 heavy (non-hydrogen) atoms. The topological polar surface area (TPSA) is 119 Å². The minimum Gasteiger partial charge on any atom is -0.451 e. The molecule has 0 aliphatic carbocycles. The largest absolute Gasteiger partial charge is 0.451 e. The molecule has 9 heteroatoms. The van der Waals surface area contributed by atoms with Gasteiger partial charge in [0.1, 0.15) is 0 Å². The zero-order valence-corrected chi connectivity index (χ0v) is 19.7. The van der Waals surface area contributed by atoms with E-state index in [1.165, 1.54) is 4.68 Å². The molecule has 3 rings (SSSR count). The molecule has 0 atom stereocenters. The second kappa shape index (κ2) is 10.7. The van der Waals surface area contributed by atoms with Gasteiger partial charge in [0.15, 0.2) is 12.3 Å². The molecule has 1 aromatic heterocycles. The number of aryl methyl sites for hydroxylation is 4. The minimum atomic E-state index is -0.827. The zero-order chi connectivity index (χ0) is 24.8. The summed E-state index contributed by atoms with van der Waals surface area (Å²) in [6.07, 6.45) is 0.659. The second-order valence-electron chi connectivity index (χ2n) is 8.10. The summed E-state index contributed by atoms with van der Waals surface area (Å²) in [5.41, 5.74) is 3.31. The van der Waals surface area contributed by atoms with Crippen molar-refractivity contribution in [1.29, 1.82) is 0 Å². The Hall–Kier alpha value is -4.01. The standard InChI is InChI=1S/C25H28N4O5/c1-5-10-29-24(32)19-9-7-6-8-18(19)23(28-29)25(33)34-14-21(31)26-13-20(30)27-22-16(3)11-15(2)12-17(22)4/h6-9,11-12H,5,10,13-14H2,1-4H3,(H,26,31)(H,27,30). The Kier molecular flexibility index (Phi) is 7.78. The van der Waals surface area contributed by atoms with Gasteiger partial charge in [-0.3, -0.25) is 14.4 Å². The fourth-order valence-corrected chi connectivity index (χ4v) is 3.74. The lowest BCUT2D eigenvalue weighted by molar-refractivity contribution is -0.126. The molecule has 0 radical (unpaired) electrons. The third kappa shape index (κ3) is 5.67. The molecule has 3 aromatic rings. The molecule has 9 nitrogen and oxygen atoms in total. The van der Waals surface area contributed by atoms with E-state index in [1.54, 1.807) is 24.3 Å². The third-order valence-corrected chi connectivity index (χ3v) is 5.22. The highest BCUT2D eigenvalue weighted by molar-refractivity contribution is 6.02. The van der Waals surface area contributed by atoms with Crippen molar-refractivity contribution >= 4 is 34.2 Å². The van der Waals surface area contributed by atoms with E-state index in [9.17, 15) is 19.2 Å². The van der Waals surface area contributed by atoms with Gasteiger partial charge in [-0.1, -0.05) is 42.8 Å². The van der Waals surface area contributed by atoms with Gasteiger partial charge >= 0.3 is 5.97 Å². The summed E-state index contributed by atoms with van der Waals surface area (Å²) in [6, 6.07) is 10.5. The highest BCUT2D eigenvalue weighted by Gasteiger charge is 2.19. The quantitative estimate of drug-likeness (QED) is 0.495. The van der Waals surface area contributed by atoms with Crippen LogP contribution in [0.15, 0.2) is 41.2 Å². The van der Waals surface area contributed by atoms with Crippen LogP contribution in [0.5, 0.6) is 0 Å². The monoisotopic (exact) mass is 464 g/mol. The molecule has 178 valence electrons. The van der Waals surface area contributed by atoms with Crippen molar-refractivity contribution in [1.82, 2.24) is 15.1 Å². The van der Waals surface area contributed by atoms with Crippen molar-refractivity contribution in [2.24, 2.45) is 0 Å². The fourth-order valence-electron chi connectivity index (χ4n) is 3.74. The summed E-state index contributed by atoms with van der Waals surface area (Å²) >= 11 is 0. The molecule has 0 bridgehead atoms. The van der Waals surface area contributed by atoms with E-state index in [1.807, 2.05) is 39.8 Å². The number of amides is 2. The van der Waals surface area contributed by atoms with Crippen molar-refractivity contribution in [3.8, 4) is 0 Å². The lowest BCUT2D eigenvalue weighted by Gasteiger charge is -2.13. The average Bonchev–Trinajstić information content (AvgIpc) is 2.80. The van der Waals surface area contributed by atoms with Crippen LogP contribution in [0, 0.1) is 20.8 Å². The van der Waals surface area contributed by atoms with E-state index in [2.05, 4.69) is 15.7 Å². The first-order chi connectivity index (χ1) is 16.2. The van der Waals surface area contributed by atoms with E-state index in [4.69, 9.17) is 4.74 Å². The number of hydrogen-bond acceptors (Lipinski definition) is 6. The van der Waals surface area contributed by atoms with Crippen LogP contribution in [0.2, 0.25) is 0 Å². The first kappa shape index (κ1) is 24.6. The molecule has 0 unspecified atom stereocenters. The summed E-state index contributed by atoms with van der Waals surface area (Å²) < 4.78 is 6.33. The smallest absolute Gasteiger partial charge is 0.359 e. The number of aromatic nitrogens is 2. The average molecular weight is 465 g/mol. The molecule has 2 amide bonds. The fraction of sp³-hybridized carbons (Fsp3) is 0.320. The first-order valence-electron chi connectivity index (χ1n) is 11.0. The predicted molar refractivity (Wildman–Crippen MR) is 129 cm³/mol. The van der Waals surface area contributed by atoms with Crippen LogP contribution in [-0.4, -0.2) is 40.7 Å². The maximum absolute atomic E-state index is 12.7. The summed E-state index contributed by atoms with van der Waals surface area (Å²) in [6.45, 7) is 7.15. The lowest BCUT2D eigenvalue weighted by atomic mass is 10.1. The van der Waals surface area contributed by atoms with Gasteiger partial charge in [-0.05, 0) is 44.4 Å². The van der Waals surface area contributed by atoms with Crippen LogP contribution < -0.4 is 16.2 Å². The molecule has 0 fully saturated rings. The highest BCUT2D eigenvalue weighted by atomic mass is 16.5. The van der Waals surface area contributed by atoms with Gasteiger partial charge in [0.2, 0.25) is 5.91 Å². The SMILES string of the molecule is CCCn1nc(C(=O)OCC(=O)NCC(=O)Nc2c(C)cc(C)cc2C)c2ccccc2c1=O. The van der Waals surface area contributed by atoms with Crippen LogP contribution in [0.1, 0.15) is 40.5 Å². The highest BCUT2D eigenvalue weighted by Crippen LogP contribution is 2.21. The Balaban J connectivity index is 1.61. The van der Waals surface area contributed by atoms with E-state index in [0.717, 1.165) is 16.7 Å². The normalized spacial score (nSPS) is 10.7. The number of rotatable bonds is 8. The molecular weight excluding hydrogens is 436 g/mol. The van der Waals surface area contributed by atoms with Gasteiger partial charge in [0.25, 0.3) is 11.5 Å². The maximum atomic E-state index is 12.7. The van der Waals surface area contributed by atoms with Crippen LogP contribution in [-0.2, 0) is 20.9 Å². The van der Waals surface area contributed by atoms with Crippen molar-refractivity contribution in [3.05, 3.63) is 69.1 Å². The van der Waals surface area contributed by atoms with E-state index >= 15 is 0 Å². The Labute approximate surface area is 197 Å². The summed E-state index contributed by atoms with van der Waals surface area (Å²) in [5.74, 6) is -1.85. The Morgan fingerprint density at radius 3 is 2.29 bits per heavy atom. The molecule has 0 saturated carbocycles. The van der Waals surface area contributed by atoms with Gasteiger partial charge in [-0.25, -0.2) is 9.48 Å². The van der Waals surface area contributed by atoms with Crippen molar-refractivity contribution in [2.75, 3.05) is 18.5 Å². The van der Waals surface area contributed by atoms with Crippen LogP contribution in [0.3, 0.4) is 0 Å². The van der Waals surface area contributed by atoms with E-state index in [-0.39, 0.29) is 17.8 Å².